The standard InChI is InChI=1S/C49H33NS/c1-50(37-24-27-49-46(31-37)43-20-9-10-21-48(43)51-49)47-26-23-36(29-44(47)32-12-3-2-4-13-32)34-15-11-14-33(28-34)35-22-25-42-40-18-6-5-16-38(40)39-17-7-8-19-41(39)45(42)30-35/h2-31H,1H3. The molecular weight excluding hydrogens is 635 g/mol. The van der Waals surface area contributed by atoms with Crippen molar-refractivity contribution in [3.63, 3.8) is 0 Å². The third-order valence-electron chi connectivity index (χ3n) is 10.5. The van der Waals surface area contributed by atoms with E-state index in [0.29, 0.717) is 0 Å². The van der Waals surface area contributed by atoms with Crippen molar-refractivity contribution in [3.8, 4) is 33.4 Å². The first-order valence-electron chi connectivity index (χ1n) is 17.5. The summed E-state index contributed by atoms with van der Waals surface area (Å²) in [6.45, 7) is 0. The average molecular weight is 668 g/mol. The van der Waals surface area contributed by atoms with Gasteiger partial charge in [-0.3, -0.25) is 0 Å². The fourth-order valence-electron chi connectivity index (χ4n) is 7.88. The zero-order valence-electron chi connectivity index (χ0n) is 28.2. The topological polar surface area (TPSA) is 3.24 Å². The van der Waals surface area contributed by atoms with E-state index in [-0.39, 0.29) is 0 Å². The summed E-state index contributed by atoms with van der Waals surface area (Å²) in [6.07, 6.45) is 0. The zero-order chi connectivity index (χ0) is 33.9. The van der Waals surface area contributed by atoms with Crippen molar-refractivity contribution in [2.24, 2.45) is 0 Å². The van der Waals surface area contributed by atoms with E-state index in [0.717, 1.165) is 0 Å². The molecule has 0 radical (unpaired) electrons. The largest absolute Gasteiger partial charge is 0.344 e. The van der Waals surface area contributed by atoms with Gasteiger partial charge in [-0.2, -0.15) is 0 Å². The monoisotopic (exact) mass is 667 g/mol. The molecule has 240 valence electrons. The van der Waals surface area contributed by atoms with E-state index in [1.807, 2.05) is 11.3 Å². The predicted molar refractivity (Wildman–Crippen MR) is 223 cm³/mol. The molecule has 51 heavy (non-hydrogen) atoms. The van der Waals surface area contributed by atoms with E-state index >= 15 is 0 Å². The average Bonchev–Trinajstić information content (AvgIpc) is 3.59. The van der Waals surface area contributed by atoms with Crippen molar-refractivity contribution in [1.82, 2.24) is 0 Å². The third kappa shape index (κ3) is 4.99. The van der Waals surface area contributed by atoms with Gasteiger partial charge in [0.2, 0.25) is 0 Å². The van der Waals surface area contributed by atoms with E-state index in [1.54, 1.807) is 0 Å². The van der Waals surface area contributed by atoms with Crippen LogP contribution in [0.5, 0.6) is 0 Å². The Kier molecular flexibility index (Phi) is 6.97. The van der Waals surface area contributed by atoms with Gasteiger partial charge in [0.1, 0.15) is 0 Å². The Morgan fingerprint density at radius 3 is 1.59 bits per heavy atom. The van der Waals surface area contributed by atoms with E-state index in [2.05, 4.69) is 194 Å². The molecule has 0 saturated carbocycles. The maximum Gasteiger partial charge on any atom is 0.0488 e. The third-order valence-corrected chi connectivity index (χ3v) is 11.6. The van der Waals surface area contributed by atoms with Crippen molar-refractivity contribution >= 4 is 75.2 Å². The second-order valence-electron chi connectivity index (χ2n) is 13.4. The Morgan fingerprint density at radius 2 is 0.863 bits per heavy atom. The second kappa shape index (κ2) is 12.0. The van der Waals surface area contributed by atoms with Crippen LogP contribution < -0.4 is 4.90 Å². The number of thiophene rings is 1. The van der Waals surface area contributed by atoms with E-state index in [4.69, 9.17) is 0 Å². The molecule has 0 unspecified atom stereocenters. The Labute approximate surface area is 301 Å². The lowest BCUT2D eigenvalue weighted by Gasteiger charge is -2.24. The summed E-state index contributed by atoms with van der Waals surface area (Å²) in [5.41, 5.74) is 9.60. The molecule has 1 aromatic heterocycles. The van der Waals surface area contributed by atoms with Crippen LogP contribution in [0.25, 0.3) is 85.9 Å². The number of benzene rings is 9. The lowest BCUT2D eigenvalue weighted by atomic mass is 9.91. The molecule has 0 atom stereocenters. The van der Waals surface area contributed by atoms with Crippen LogP contribution in [0.3, 0.4) is 0 Å². The first kappa shape index (κ1) is 29.7. The molecule has 0 aliphatic rings. The normalized spacial score (nSPS) is 11.6. The smallest absolute Gasteiger partial charge is 0.0488 e. The van der Waals surface area contributed by atoms with E-state index < -0.39 is 0 Å². The van der Waals surface area contributed by atoms with Crippen LogP contribution in [0.1, 0.15) is 0 Å². The van der Waals surface area contributed by atoms with Crippen LogP contribution in [0.4, 0.5) is 11.4 Å². The first-order chi connectivity index (χ1) is 25.2. The lowest BCUT2D eigenvalue weighted by Crippen LogP contribution is -2.10. The fourth-order valence-corrected chi connectivity index (χ4v) is 8.97. The van der Waals surface area contributed by atoms with Gasteiger partial charge in [-0.15, -0.1) is 11.3 Å². The molecule has 0 aliphatic carbocycles. The van der Waals surface area contributed by atoms with E-state index in [1.165, 1.54) is 97.2 Å². The highest BCUT2D eigenvalue weighted by molar-refractivity contribution is 7.25. The van der Waals surface area contributed by atoms with Crippen molar-refractivity contribution in [3.05, 3.63) is 182 Å². The molecule has 0 saturated heterocycles. The molecule has 1 heterocycles. The molecule has 10 rings (SSSR count). The molecule has 10 aromatic rings. The number of nitrogens with zero attached hydrogens (tertiary/aromatic N) is 1. The summed E-state index contributed by atoms with van der Waals surface area (Å²) < 4.78 is 2.65. The first-order valence-corrected chi connectivity index (χ1v) is 18.3. The Morgan fingerprint density at radius 1 is 0.333 bits per heavy atom. The highest BCUT2D eigenvalue weighted by Crippen LogP contribution is 2.42. The maximum atomic E-state index is 2.38. The van der Waals surface area contributed by atoms with Gasteiger partial charge >= 0.3 is 0 Å². The van der Waals surface area contributed by atoms with Crippen molar-refractivity contribution < 1.29 is 0 Å². The highest BCUT2D eigenvalue weighted by atomic mass is 32.1. The summed E-state index contributed by atoms with van der Waals surface area (Å²) in [4.78, 5) is 2.33. The zero-order valence-corrected chi connectivity index (χ0v) is 29.0. The highest BCUT2D eigenvalue weighted by Gasteiger charge is 2.16. The SMILES string of the molecule is CN(c1ccc2sc3ccccc3c2c1)c1ccc(-c2cccc(-c3ccc4c5ccccc5c5ccccc5c4c3)c2)cc1-c1ccccc1. The molecule has 0 amide bonds. The Balaban J connectivity index is 1.08. The van der Waals surface area contributed by atoms with Crippen LogP contribution >= 0.6 is 11.3 Å². The van der Waals surface area contributed by atoms with Crippen molar-refractivity contribution in [2.75, 3.05) is 11.9 Å². The summed E-state index contributed by atoms with van der Waals surface area (Å²) in [7, 11) is 2.18. The minimum atomic E-state index is 1.17. The molecule has 0 bridgehead atoms. The van der Waals surface area contributed by atoms with Gasteiger partial charge in [0.05, 0.1) is 0 Å². The van der Waals surface area contributed by atoms with Crippen LogP contribution in [0.15, 0.2) is 182 Å². The van der Waals surface area contributed by atoms with Gasteiger partial charge < -0.3 is 4.90 Å². The summed E-state index contributed by atoms with van der Waals surface area (Å²) in [5, 5.41) is 10.4. The molecule has 0 fully saturated rings. The van der Waals surface area contributed by atoms with Gasteiger partial charge in [0, 0.05) is 44.2 Å². The molecule has 0 N–H and O–H groups in total. The van der Waals surface area contributed by atoms with Gasteiger partial charge in [-0.1, -0.05) is 133 Å². The summed E-state index contributed by atoms with van der Waals surface area (Å²) >= 11 is 1.86. The maximum absolute atomic E-state index is 2.38. The van der Waals surface area contributed by atoms with Gasteiger partial charge in [-0.25, -0.2) is 0 Å². The van der Waals surface area contributed by atoms with Crippen LogP contribution in [-0.2, 0) is 0 Å². The number of anilines is 2. The molecule has 9 aromatic carbocycles. The minimum absolute atomic E-state index is 1.17. The molecule has 0 spiro atoms. The molecule has 2 heteroatoms. The number of hydrogen-bond donors (Lipinski definition) is 0. The lowest BCUT2D eigenvalue weighted by molar-refractivity contribution is 1.22. The molecule has 0 aliphatic heterocycles. The number of rotatable bonds is 5. The van der Waals surface area contributed by atoms with Crippen molar-refractivity contribution in [1.29, 1.82) is 0 Å². The van der Waals surface area contributed by atoms with E-state index in [9.17, 15) is 0 Å². The number of hydrogen-bond acceptors (Lipinski definition) is 2. The van der Waals surface area contributed by atoms with Crippen LogP contribution in [-0.4, -0.2) is 7.05 Å². The number of fused-ring (bicyclic) bond motifs is 9. The van der Waals surface area contributed by atoms with Gasteiger partial charge in [0.15, 0.2) is 0 Å². The fraction of sp³-hybridized carbons (Fsp3) is 0.0204. The molecular formula is C49H33NS. The quantitative estimate of drug-likeness (QED) is 0.165. The minimum Gasteiger partial charge on any atom is -0.344 e. The summed E-state index contributed by atoms with van der Waals surface area (Å²) in [5.74, 6) is 0. The summed E-state index contributed by atoms with van der Waals surface area (Å²) in [6, 6.07) is 66.8. The molecule has 1 nitrogen and oxygen atoms in total. The van der Waals surface area contributed by atoms with Crippen molar-refractivity contribution in [2.45, 2.75) is 0 Å². The van der Waals surface area contributed by atoms with Gasteiger partial charge in [0.25, 0.3) is 0 Å². The predicted octanol–water partition coefficient (Wildman–Crippen LogP) is 14.3. The van der Waals surface area contributed by atoms with Crippen LogP contribution in [0.2, 0.25) is 0 Å². The Hall–Kier alpha value is -6.22. The second-order valence-corrected chi connectivity index (χ2v) is 14.5. The van der Waals surface area contributed by atoms with Crippen LogP contribution in [0, 0.1) is 0 Å². The Bertz CT molecular complexity index is 2900. The van der Waals surface area contributed by atoms with Gasteiger partial charge in [-0.05, 0) is 109 Å².